The van der Waals surface area contributed by atoms with Crippen LogP contribution >= 0.6 is 0 Å². The Kier molecular flexibility index (Phi) is 3.69. The van der Waals surface area contributed by atoms with Crippen molar-refractivity contribution in [3.8, 4) is 0 Å². The lowest BCUT2D eigenvalue weighted by Crippen LogP contribution is -2.04. The summed E-state index contributed by atoms with van der Waals surface area (Å²) < 4.78 is 16.7. The number of anilines is 1. The normalized spacial score (nSPS) is 12.0. The molecule has 0 saturated heterocycles. The molecule has 2 aromatic rings. The van der Waals surface area contributed by atoms with Crippen LogP contribution in [-0.2, 0) is 15.4 Å². The van der Waals surface area contributed by atoms with Crippen LogP contribution < -0.4 is 5.48 Å². The van der Waals surface area contributed by atoms with Crippen molar-refractivity contribution in [1.29, 1.82) is 0 Å². The standard InChI is InChI=1S/C12H11NO2S/c14-16(12-9-5-2-6-10-12)15-13-11-7-3-1-4-8-11/h1-10,13H/t16-/m1/s1. The molecule has 0 spiro atoms. The summed E-state index contributed by atoms with van der Waals surface area (Å²) in [5.74, 6) is 0. The van der Waals surface area contributed by atoms with Gasteiger partial charge in [0.15, 0.2) is 0 Å². The molecule has 0 aliphatic carbocycles. The quantitative estimate of drug-likeness (QED) is 0.825. The van der Waals surface area contributed by atoms with Crippen LogP contribution in [0.2, 0.25) is 0 Å². The number of para-hydroxylation sites is 1. The van der Waals surface area contributed by atoms with E-state index in [0.717, 1.165) is 5.69 Å². The van der Waals surface area contributed by atoms with Crippen LogP contribution in [0.15, 0.2) is 65.6 Å². The van der Waals surface area contributed by atoms with E-state index in [0.29, 0.717) is 4.90 Å². The maximum absolute atomic E-state index is 11.6. The largest absolute Gasteiger partial charge is 0.251 e. The van der Waals surface area contributed by atoms with Gasteiger partial charge in [0.05, 0.1) is 10.6 Å². The van der Waals surface area contributed by atoms with Gasteiger partial charge < -0.3 is 0 Å². The van der Waals surface area contributed by atoms with Crippen LogP contribution in [0.1, 0.15) is 0 Å². The van der Waals surface area contributed by atoms with Gasteiger partial charge in [-0.25, -0.2) is 4.21 Å². The fraction of sp³-hybridized carbons (Fsp3) is 0. The molecule has 4 heteroatoms. The first-order valence-electron chi connectivity index (χ1n) is 4.81. The van der Waals surface area contributed by atoms with Gasteiger partial charge in [0.2, 0.25) is 11.1 Å². The SMILES string of the molecule is O=[S@](ONc1ccccc1)c1ccccc1. The second kappa shape index (κ2) is 5.44. The van der Waals surface area contributed by atoms with E-state index in [-0.39, 0.29) is 0 Å². The lowest BCUT2D eigenvalue weighted by atomic mass is 10.3. The molecule has 1 atom stereocenters. The minimum absolute atomic E-state index is 0.630. The summed E-state index contributed by atoms with van der Waals surface area (Å²) in [7, 11) is 0. The minimum atomic E-state index is -1.50. The summed E-state index contributed by atoms with van der Waals surface area (Å²) in [6, 6.07) is 18.3. The van der Waals surface area contributed by atoms with Gasteiger partial charge in [-0.15, -0.1) is 0 Å². The van der Waals surface area contributed by atoms with E-state index in [2.05, 4.69) is 5.48 Å². The fourth-order valence-electron chi connectivity index (χ4n) is 1.17. The van der Waals surface area contributed by atoms with Crippen molar-refractivity contribution < 1.29 is 8.49 Å². The van der Waals surface area contributed by atoms with E-state index in [9.17, 15) is 4.21 Å². The number of hydrogen-bond acceptors (Lipinski definition) is 3. The monoisotopic (exact) mass is 233 g/mol. The van der Waals surface area contributed by atoms with E-state index in [1.807, 2.05) is 48.5 Å². The lowest BCUT2D eigenvalue weighted by molar-refractivity contribution is 0.436. The zero-order valence-electron chi connectivity index (χ0n) is 8.50. The van der Waals surface area contributed by atoms with Gasteiger partial charge >= 0.3 is 0 Å². The summed E-state index contributed by atoms with van der Waals surface area (Å²) in [5, 5.41) is 0. The Balaban J connectivity index is 1.95. The third-order valence-electron chi connectivity index (χ3n) is 1.94. The Hall–Kier alpha value is -1.65. The molecule has 0 aromatic heterocycles. The molecule has 16 heavy (non-hydrogen) atoms. The van der Waals surface area contributed by atoms with Crippen molar-refractivity contribution in [2.24, 2.45) is 0 Å². The highest BCUT2D eigenvalue weighted by Crippen LogP contribution is 2.10. The van der Waals surface area contributed by atoms with E-state index in [1.165, 1.54) is 0 Å². The molecule has 2 aromatic carbocycles. The Labute approximate surface area is 96.7 Å². The lowest BCUT2D eigenvalue weighted by Gasteiger charge is -2.05. The molecule has 0 fully saturated rings. The number of benzene rings is 2. The topological polar surface area (TPSA) is 38.3 Å². The van der Waals surface area contributed by atoms with Crippen LogP contribution in [0, 0.1) is 0 Å². The Morgan fingerprint density at radius 3 is 2.06 bits per heavy atom. The molecule has 0 amide bonds. The molecule has 0 bridgehead atoms. The smallest absolute Gasteiger partial charge is 0.212 e. The van der Waals surface area contributed by atoms with Gasteiger partial charge in [-0.2, -0.15) is 4.28 Å². The molecule has 2 rings (SSSR count). The predicted octanol–water partition coefficient (Wildman–Crippen LogP) is 2.75. The van der Waals surface area contributed by atoms with Crippen LogP contribution in [-0.4, -0.2) is 4.21 Å². The molecule has 0 heterocycles. The summed E-state index contributed by atoms with van der Waals surface area (Å²) in [5.41, 5.74) is 3.41. The van der Waals surface area contributed by atoms with Crippen molar-refractivity contribution >= 4 is 16.8 Å². The fourth-order valence-corrected chi connectivity index (χ4v) is 1.82. The van der Waals surface area contributed by atoms with Crippen molar-refractivity contribution in [1.82, 2.24) is 0 Å². The first-order valence-corrected chi connectivity index (χ1v) is 5.89. The zero-order valence-corrected chi connectivity index (χ0v) is 9.31. The highest BCUT2D eigenvalue weighted by molar-refractivity contribution is 7.80. The molecule has 0 radical (unpaired) electrons. The average Bonchev–Trinajstić information content (AvgIpc) is 2.38. The Morgan fingerprint density at radius 1 is 0.875 bits per heavy atom. The van der Waals surface area contributed by atoms with Crippen LogP contribution in [0.4, 0.5) is 5.69 Å². The summed E-state index contributed by atoms with van der Waals surface area (Å²) >= 11 is -1.50. The van der Waals surface area contributed by atoms with Crippen molar-refractivity contribution in [2.45, 2.75) is 4.90 Å². The molecular weight excluding hydrogens is 222 g/mol. The van der Waals surface area contributed by atoms with Gasteiger partial charge in [-0.1, -0.05) is 36.4 Å². The van der Waals surface area contributed by atoms with Crippen LogP contribution in [0.3, 0.4) is 0 Å². The second-order valence-corrected chi connectivity index (χ2v) is 4.21. The molecule has 1 N–H and O–H groups in total. The molecule has 0 saturated carbocycles. The van der Waals surface area contributed by atoms with Gasteiger partial charge in [0.25, 0.3) is 0 Å². The predicted molar refractivity (Wildman–Crippen MR) is 64.0 cm³/mol. The first-order chi connectivity index (χ1) is 7.86. The Morgan fingerprint density at radius 2 is 1.44 bits per heavy atom. The number of rotatable bonds is 4. The first kappa shape index (κ1) is 10.9. The van der Waals surface area contributed by atoms with E-state index in [1.54, 1.807) is 12.1 Å². The minimum Gasteiger partial charge on any atom is -0.251 e. The van der Waals surface area contributed by atoms with Gasteiger partial charge in [-0.05, 0) is 24.3 Å². The van der Waals surface area contributed by atoms with Crippen LogP contribution in [0.25, 0.3) is 0 Å². The van der Waals surface area contributed by atoms with E-state index in [4.69, 9.17) is 4.28 Å². The maximum atomic E-state index is 11.6. The Bertz CT molecular complexity index is 459. The van der Waals surface area contributed by atoms with Crippen molar-refractivity contribution in [3.63, 3.8) is 0 Å². The highest BCUT2D eigenvalue weighted by atomic mass is 32.2. The maximum Gasteiger partial charge on any atom is 0.212 e. The van der Waals surface area contributed by atoms with Crippen molar-refractivity contribution in [2.75, 3.05) is 5.48 Å². The van der Waals surface area contributed by atoms with Gasteiger partial charge in [0, 0.05) is 0 Å². The molecular formula is C12H11NO2S. The summed E-state index contributed by atoms with van der Waals surface area (Å²) in [6.45, 7) is 0. The molecule has 0 aliphatic heterocycles. The highest BCUT2D eigenvalue weighted by Gasteiger charge is 2.03. The van der Waals surface area contributed by atoms with Crippen LogP contribution in [0.5, 0.6) is 0 Å². The molecule has 0 unspecified atom stereocenters. The van der Waals surface area contributed by atoms with Crippen molar-refractivity contribution in [3.05, 3.63) is 60.7 Å². The summed E-state index contributed by atoms with van der Waals surface area (Å²) in [4.78, 5) is 0.630. The van der Waals surface area contributed by atoms with E-state index < -0.39 is 11.1 Å². The second-order valence-electron chi connectivity index (χ2n) is 3.10. The van der Waals surface area contributed by atoms with Gasteiger partial charge in [0.1, 0.15) is 0 Å². The molecule has 3 nitrogen and oxygen atoms in total. The third-order valence-corrected chi connectivity index (χ3v) is 2.84. The van der Waals surface area contributed by atoms with E-state index >= 15 is 0 Å². The number of nitrogens with one attached hydrogen (secondary N) is 1. The zero-order chi connectivity index (χ0) is 11.2. The third kappa shape index (κ3) is 2.92. The molecule has 82 valence electrons. The average molecular weight is 233 g/mol. The van der Waals surface area contributed by atoms with Gasteiger partial charge in [-0.3, -0.25) is 5.48 Å². The summed E-state index contributed by atoms with van der Waals surface area (Å²) in [6.07, 6.45) is 0. The molecule has 0 aliphatic rings. The number of hydrogen-bond donors (Lipinski definition) is 1.